The molecule has 0 saturated carbocycles. The van der Waals surface area contributed by atoms with Gasteiger partial charge < -0.3 is 9.72 Å². The summed E-state index contributed by atoms with van der Waals surface area (Å²) in [5, 5.41) is 4.29. The number of amides is 1. The Morgan fingerprint density at radius 3 is 2.75 bits per heavy atom. The van der Waals surface area contributed by atoms with Crippen LogP contribution in [0, 0.1) is 6.92 Å². The molecule has 2 aromatic carbocycles. The number of nitrogens with zero attached hydrogens (tertiary/aromatic N) is 2. The van der Waals surface area contributed by atoms with E-state index in [0.29, 0.717) is 28.6 Å². The van der Waals surface area contributed by atoms with Crippen LogP contribution < -0.4 is 15.9 Å². The van der Waals surface area contributed by atoms with Gasteiger partial charge in [-0.25, -0.2) is 10.2 Å². The topological polar surface area (TPSA) is 96.4 Å². The minimum absolute atomic E-state index is 0.0129. The number of hydrazone groups is 1. The van der Waals surface area contributed by atoms with Crippen molar-refractivity contribution >= 4 is 23.7 Å². The summed E-state index contributed by atoms with van der Waals surface area (Å²) in [5.74, 6) is -0.0331. The van der Waals surface area contributed by atoms with Crippen LogP contribution in [0.1, 0.15) is 27.3 Å². The van der Waals surface area contributed by atoms with Crippen molar-refractivity contribution in [3.63, 3.8) is 0 Å². The zero-order chi connectivity index (χ0) is 19.9. The zero-order valence-electron chi connectivity index (χ0n) is 15.0. The molecule has 0 radical (unpaired) electrons. The van der Waals surface area contributed by atoms with Crippen molar-refractivity contribution in [2.75, 3.05) is 0 Å². The third kappa shape index (κ3) is 5.28. The molecule has 1 amide bonds. The van der Waals surface area contributed by atoms with Gasteiger partial charge in [-0.05, 0) is 42.3 Å². The maximum Gasteiger partial charge on any atom is 0.345 e. The van der Waals surface area contributed by atoms with Crippen molar-refractivity contribution in [1.29, 1.82) is 0 Å². The van der Waals surface area contributed by atoms with Gasteiger partial charge in [-0.2, -0.15) is 10.1 Å². The molecule has 1 heterocycles. The molecule has 0 saturated heterocycles. The highest BCUT2D eigenvalue weighted by Crippen LogP contribution is 2.25. The lowest BCUT2D eigenvalue weighted by Crippen LogP contribution is -2.24. The molecule has 1 aromatic heterocycles. The number of hydrogen-bond donors (Lipinski definition) is 2. The first kappa shape index (κ1) is 19.3. The molecule has 3 rings (SSSR count). The van der Waals surface area contributed by atoms with Crippen molar-refractivity contribution < 1.29 is 9.53 Å². The van der Waals surface area contributed by atoms with E-state index in [1.165, 1.54) is 12.3 Å². The maximum absolute atomic E-state index is 12.0. The summed E-state index contributed by atoms with van der Waals surface area (Å²) in [7, 11) is 0. The number of aryl methyl sites for hydroxylation is 1. The fourth-order valence-corrected chi connectivity index (χ4v) is 2.61. The number of hydrogen-bond acceptors (Lipinski definition) is 5. The number of aromatic amines is 1. The second-order valence-corrected chi connectivity index (χ2v) is 6.33. The van der Waals surface area contributed by atoms with Crippen molar-refractivity contribution in [1.82, 2.24) is 15.4 Å². The first-order valence-electron chi connectivity index (χ1n) is 8.39. The van der Waals surface area contributed by atoms with Crippen LogP contribution in [0.4, 0.5) is 0 Å². The van der Waals surface area contributed by atoms with Crippen molar-refractivity contribution in [3.05, 3.63) is 92.6 Å². The largest absolute Gasteiger partial charge is 0.487 e. The minimum Gasteiger partial charge on any atom is -0.487 e. The molecule has 0 aliphatic rings. The zero-order valence-corrected chi connectivity index (χ0v) is 15.7. The van der Waals surface area contributed by atoms with Gasteiger partial charge in [0.1, 0.15) is 18.1 Å². The smallest absolute Gasteiger partial charge is 0.345 e. The third-order valence-corrected chi connectivity index (χ3v) is 3.98. The molecule has 28 heavy (non-hydrogen) atoms. The van der Waals surface area contributed by atoms with Crippen LogP contribution in [0.15, 0.2) is 64.5 Å². The molecule has 8 heteroatoms. The Hall–Kier alpha value is -3.45. The van der Waals surface area contributed by atoms with E-state index in [1.54, 1.807) is 25.1 Å². The lowest BCUT2D eigenvalue weighted by molar-refractivity contribution is 0.0949. The van der Waals surface area contributed by atoms with Gasteiger partial charge in [0.2, 0.25) is 0 Å². The normalized spacial score (nSPS) is 10.8. The van der Waals surface area contributed by atoms with Gasteiger partial charge in [0.25, 0.3) is 5.91 Å². The number of H-pyrrole nitrogens is 1. The Bertz CT molecular complexity index is 1060. The molecular weight excluding hydrogens is 380 g/mol. The molecule has 0 bridgehead atoms. The Morgan fingerprint density at radius 2 is 2.04 bits per heavy atom. The van der Waals surface area contributed by atoms with Gasteiger partial charge >= 0.3 is 5.69 Å². The van der Waals surface area contributed by atoms with Crippen LogP contribution in [0.2, 0.25) is 5.02 Å². The van der Waals surface area contributed by atoms with Crippen LogP contribution >= 0.6 is 11.6 Å². The molecule has 0 spiro atoms. The second kappa shape index (κ2) is 8.96. The standard InChI is InChI=1S/C20H17ClN4O3/c1-13-9-17(24-20(27)23-13)19(26)25-22-11-15-7-8-18(16(21)10-15)28-12-14-5-3-2-4-6-14/h2-11H,12H2,1H3,(H,25,26)(H,23,24,27)/b22-11+. The van der Waals surface area contributed by atoms with E-state index in [0.717, 1.165) is 5.56 Å². The predicted octanol–water partition coefficient (Wildman–Crippen LogP) is 3.07. The SMILES string of the molecule is Cc1cc(C(=O)N/N=C/c2ccc(OCc3ccccc3)c(Cl)c2)nc(=O)[nH]1. The number of rotatable bonds is 6. The van der Waals surface area contributed by atoms with Crippen LogP contribution in [0.3, 0.4) is 0 Å². The van der Waals surface area contributed by atoms with E-state index in [9.17, 15) is 9.59 Å². The number of nitrogens with one attached hydrogen (secondary N) is 2. The number of ether oxygens (including phenoxy) is 1. The molecule has 2 N–H and O–H groups in total. The maximum atomic E-state index is 12.0. The fraction of sp³-hybridized carbons (Fsp3) is 0.100. The second-order valence-electron chi connectivity index (χ2n) is 5.92. The van der Waals surface area contributed by atoms with Crippen LogP contribution in [0.5, 0.6) is 5.75 Å². The molecule has 0 aliphatic carbocycles. The van der Waals surface area contributed by atoms with Crippen molar-refractivity contribution in [3.8, 4) is 5.75 Å². The summed E-state index contributed by atoms with van der Waals surface area (Å²) < 4.78 is 5.71. The number of aromatic nitrogens is 2. The quantitative estimate of drug-likeness (QED) is 0.494. The van der Waals surface area contributed by atoms with Gasteiger partial charge in [0.05, 0.1) is 11.2 Å². The summed E-state index contributed by atoms with van der Waals surface area (Å²) in [6.07, 6.45) is 1.44. The average molecular weight is 397 g/mol. The molecule has 0 atom stereocenters. The number of carbonyl (C=O) groups excluding carboxylic acids is 1. The highest BCUT2D eigenvalue weighted by Gasteiger charge is 2.08. The molecule has 3 aromatic rings. The molecular formula is C20H17ClN4O3. The summed E-state index contributed by atoms with van der Waals surface area (Å²) in [5.41, 5.74) is 3.97. The lowest BCUT2D eigenvalue weighted by atomic mass is 10.2. The van der Waals surface area contributed by atoms with Crippen LogP contribution in [-0.4, -0.2) is 22.1 Å². The molecule has 142 valence electrons. The molecule has 0 fully saturated rings. The summed E-state index contributed by atoms with van der Waals surface area (Å²) >= 11 is 6.25. The molecule has 0 aliphatic heterocycles. The van der Waals surface area contributed by atoms with Gasteiger partial charge in [0.15, 0.2) is 0 Å². The third-order valence-electron chi connectivity index (χ3n) is 3.68. The van der Waals surface area contributed by atoms with E-state index in [4.69, 9.17) is 16.3 Å². The van der Waals surface area contributed by atoms with Crippen LogP contribution in [0.25, 0.3) is 0 Å². The highest BCUT2D eigenvalue weighted by molar-refractivity contribution is 6.32. The number of halogens is 1. The number of benzene rings is 2. The van der Waals surface area contributed by atoms with Crippen molar-refractivity contribution in [2.24, 2.45) is 5.10 Å². The highest BCUT2D eigenvalue weighted by atomic mass is 35.5. The van der Waals surface area contributed by atoms with E-state index >= 15 is 0 Å². The first-order chi connectivity index (χ1) is 13.5. The van der Waals surface area contributed by atoms with E-state index in [1.807, 2.05) is 30.3 Å². The Kier molecular flexibility index (Phi) is 6.18. The molecule has 0 unspecified atom stereocenters. The summed E-state index contributed by atoms with van der Waals surface area (Å²) in [6.45, 7) is 2.07. The van der Waals surface area contributed by atoms with Crippen molar-refractivity contribution in [2.45, 2.75) is 13.5 Å². The fourth-order valence-electron chi connectivity index (χ4n) is 2.37. The van der Waals surface area contributed by atoms with E-state index in [2.05, 4.69) is 20.5 Å². The van der Waals surface area contributed by atoms with Gasteiger partial charge in [-0.15, -0.1) is 0 Å². The Balaban J connectivity index is 1.60. The van der Waals surface area contributed by atoms with Gasteiger partial charge in [-0.3, -0.25) is 4.79 Å². The van der Waals surface area contributed by atoms with E-state index < -0.39 is 11.6 Å². The number of carbonyl (C=O) groups is 1. The Morgan fingerprint density at radius 1 is 1.25 bits per heavy atom. The lowest BCUT2D eigenvalue weighted by Gasteiger charge is -2.08. The monoisotopic (exact) mass is 396 g/mol. The Labute approximate surface area is 166 Å². The van der Waals surface area contributed by atoms with E-state index in [-0.39, 0.29) is 5.69 Å². The average Bonchev–Trinajstić information content (AvgIpc) is 2.67. The predicted molar refractivity (Wildman–Crippen MR) is 107 cm³/mol. The van der Waals surface area contributed by atoms with Gasteiger partial charge in [0, 0.05) is 5.69 Å². The minimum atomic E-state index is -0.591. The molecule has 7 nitrogen and oxygen atoms in total. The first-order valence-corrected chi connectivity index (χ1v) is 8.77. The summed E-state index contributed by atoms with van der Waals surface area (Å²) in [4.78, 5) is 29.4. The van der Waals surface area contributed by atoms with Crippen LogP contribution in [-0.2, 0) is 6.61 Å². The van der Waals surface area contributed by atoms with Gasteiger partial charge in [-0.1, -0.05) is 41.9 Å². The summed E-state index contributed by atoms with van der Waals surface area (Å²) in [6, 6.07) is 16.4.